The quantitative estimate of drug-likeness (QED) is 0.634. The number of fused-ring (bicyclic) bond motifs is 1. The van der Waals surface area contributed by atoms with E-state index in [9.17, 15) is 9.59 Å². The Morgan fingerprint density at radius 3 is 2.67 bits per heavy atom. The van der Waals surface area contributed by atoms with Gasteiger partial charge in [0.05, 0.1) is 6.33 Å². The van der Waals surface area contributed by atoms with Crippen LogP contribution in [0.15, 0.2) is 22.5 Å². The maximum atomic E-state index is 11.8. The van der Waals surface area contributed by atoms with Gasteiger partial charge in [-0.05, 0) is 0 Å². The molecule has 0 unspecified atom stereocenters. The molecule has 0 spiro atoms. The molecule has 78 valence electrons. The van der Waals surface area contributed by atoms with E-state index in [1.165, 1.54) is 26.2 Å². The average molecular weight is 206 g/mol. The van der Waals surface area contributed by atoms with Gasteiger partial charge in [-0.25, -0.2) is 9.78 Å². The van der Waals surface area contributed by atoms with Crippen molar-refractivity contribution in [2.24, 2.45) is 14.1 Å². The Labute approximate surface area is 84.7 Å². The van der Waals surface area contributed by atoms with E-state index in [0.717, 1.165) is 0 Å². The van der Waals surface area contributed by atoms with E-state index in [1.54, 1.807) is 14.1 Å². The van der Waals surface area contributed by atoms with Crippen LogP contribution in [0.2, 0.25) is 0 Å². The van der Waals surface area contributed by atoms with Crippen LogP contribution in [0, 0.1) is 0 Å². The molecule has 0 fully saturated rings. The van der Waals surface area contributed by atoms with Crippen molar-refractivity contribution in [1.29, 1.82) is 0 Å². The predicted octanol–water partition coefficient (Wildman–Crippen LogP) is -0.466. The minimum absolute atomic E-state index is 0.252. The zero-order valence-electron chi connectivity index (χ0n) is 8.47. The van der Waals surface area contributed by atoms with E-state index >= 15 is 0 Å². The number of hydrogen-bond acceptors (Lipinski definition) is 3. The van der Waals surface area contributed by atoms with E-state index in [2.05, 4.69) is 11.6 Å². The third kappa shape index (κ3) is 1.08. The number of aromatic nitrogens is 4. The second-order valence-corrected chi connectivity index (χ2v) is 3.23. The SMILES string of the molecule is C=Cn1c(=O)n(C)c2ncn(C)c(=O)c21. The minimum atomic E-state index is -0.323. The number of aryl methyl sites for hydroxylation is 2. The smallest absolute Gasteiger partial charge is 0.300 e. The first-order valence-electron chi connectivity index (χ1n) is 4.33. The second-order valence-electron chi connectivity index (χ2n) is 3.23. The molecule has 0 saturated heterocycles. The molecule has 15 heavy (non-hydrogen) atoms. The van der Waals surface area contributed by atoms with Crippen LogP contribution in [0.4, 0.5) is 0 Å². The molecular formula is C9H10N4O2. The summed E-state index contributed by atoms with van der Waals surface area (Å²) in [5.74, 6) is 0. The third-order valence-corrected chi connectivity index (χ3v) is 2.32. The molecule has 0 radical (unpaired) electrons. The van der Waals surface area contributed by atoms with Gasteiger partial charge in [0, 0.05) is 20.3 Å². The molecule has 0 aliphatic rings. The first-order chi connectivity index (χ1) is 7.07. The third-order valence-electron chi connectivity index (χ3n) is 2.32. The van der Waals surface area contributed by atoms with Crippen molar-refractivity contribution >= 4 is 17.4 Å². The van der Waals surface area contributed by atoms with Gasteiger partial charge >= 0.3 is 5.69 Å². The largest absolute Gasteiger partial charge is 0.334 e. The van der Waals surface area contributed by atoms with E-state index < -0.39 is 0 Å². The van der Waals surface area contributed by atoms with E-state index in [-0.39, 0.29) is 16.8 Å². The summed E-state index contributed by atoms with van der Waals surface area (Å²) in [7, 11) is 3.15. The highest BCUT2D eigenvalue weighted by Crippen LogP contribution is 2.02. The number of rotatable bonds is 1. The van der Waals surface area contributed by atoms with E-state index in [0.29, 0.717) is 5.65 Å². The summed E-state index contributed by atoms with van der Waals surface area (Å²) < 4.78 is 3.84. The van der Waals surface area contributed by atoms with Crippen molar-refractivity contribution in [2.45, 2.75) is 0 Å². The summed E-state index contributed by atoms with van der Waals surface area (Å²) in [5, 5.41) is 0. The Bertz CT molecular complexity index is 659. The molecule has 6 nitrogen and oxygen atoms in total. The molecule has 6 heteroatoms. The fourth-order valence-electron chi connectivity index (χ4n) is 1.49. The summed E-state index contributed by atoms with van der Waals surface area (Å²) in [6.45, 7) is 3.50. The molecule has 2 rings (SSSR count). The van der Waals surface area contributed by atoms with Crippen LogP contribution in [0.25, 0.3) is 17.4 Å². The fourth-order valence-corrected chi connectivity index (χ4v) is 1.49. The fraction of sp³-hybridized carbons (Fsp3) is 0.222. The molecular weight excluding hydrogens is 196 g/mol. The van der Waals surface area contributed by atoms with E-state index in [1.807, 2.05) is 0 Å². The molecule has 0 bridgehead atoms. The molecule has 0 aliphatic heterocycles. The summed E-state index contributed by atoms with van der Waals surface area (Å²) in [4.78, 5) is 27.5. The standard InChI is InChI=1S/C9H10N4O2/c1-4-13-6-7(12(3)9(13)15)10-5-11(2)8(6)14/h4-5H,1H2,2-3H3. The molecule has 0 amide bonds. The van der Waals surface area contributed by atoms with Crippen LogP contribution in [0.1, 0.15) is 0 Å². The summed E-state index contributed by atoms with van der Waals surface area (Å²) >= 11 is 0. The Morgan fingerprint density at radius 1 is 1.40 bits per heavy atom. The molecule has 0 N–H and O–H groups in total. The van der Waals surface area contributed by atoms with Crippen molar-refractivity contribution in [1.82, 2.24) is 18.7 Å². The Balaban J connectivity index is 3.20. The first kappa shape index (κ1) is 9.45. The lowest BCUT2D eigenvalue weighted by atomic mass is 10.5. The van der Waals surface area contributed by atoms with Crippen LogP contribution in [-0.2, 0) is 14.1 Å². The van der Waals surface area contributed by atoms with Gasteiger partial charge in [0.2, 0.25) is 0 Å². The Morgan fingerprint density at radius 2 is 2.07 bits per heavy atom. The highest BCUT2D eigenvalue weighted by Gasteiger charge is 2.13. The lowest BCUT2D eigenvalue weighted by Gasteiger charge is -1.97. The van der Waals surface area contributed by atoms with E-state index in [4.69, 9.17) is 0 Å². The van der Waals surface area contributed by atoms with Crippen molar-refractivity contribution < 1.29 is 0 Å². The molecule has 0 aromatic carbocycles. The van der Waals surface area contributed by atoms with Gasteiger partial charge in [0.25, 0.3) is 5.56 Å². The maximum absolute atomic E-state index is 11.8. The van der Waals surface area contributed by atoms with Crippen LogP contribution >= 0.6 is 0 Å². The van der Waals surface area contributed by atoms with Gasteiger partial charge < -0.3 is 4.57 Å². The number of imidazole rings is 1. The predicted molar refractivity (Wildman–Crippen MR) is 56.6 cm³/mol. The van der Waals surface area contributed by atoms with Crippen molar-refractivity contribution in [3.8, 4) is 0 Å². The Hall–Kier alpha value is -2.11. The van der Waals surface area contributed by atoms with Crippen molar-refractivity contribution in [2.75, 3.05) is 0 Å². The molecule has 0 atom stereocenters. The van der Waals surface area contributed by atoms with Gasteiger partial charge in [-0.1, -0.05) is 6.58 Å². The van der Waals surface area contributed by atoms with Crippen LogP contribution < -0.4 is 11.2 Å². The molecule has 0 aliphatic carbocycles. The van der Waals surface area contributed by atoms with Crippen molar-refractivity contribution in [3.05, 3.63) is 33.7 Å². The van der Waals surface area contributed by atoms with Gasteiger partial charge in [-0.3, -0.25) is 13.9 Å². The van der Waals surface area contributed by atoms with Crippen LogP contribution in [-0.4, -0.2) is 18.7 Å². The lowest BCUT2D eigenvalue weighted by molar-refractivity contribution is 0.827. The van der Waals surface area contributed by atoms with Gasteiger partial charge in [0.15, 0.2) is 11.2 Å². The van der Waals surface area contributed by atoms with Crippen molar-refractivity contribution in [3.63, 3.8) is 0 Å². The molecule has 0 saturated carbocycles. The topological polar surface area (TPSA) is 61.8 Å². The number of hydrogen-bond donors (Lipinski definition) is 0. The zero-order chi connectivity index (χ0) is 11.2. The number of nitrogens with zero attached hydrogens (tertiary/aromatic N) is 4. The summed E-state index contributed by atoms with van der Waals surface area (Å²) in [6.07, 6.45) is 2.70. The first-order valence-corrected chi connectivity index (χ1v) is 4.33. The zero-order valence-corrected chi connectivity index (χ0v) is 8.47. The lowest BCUT2D eigenvalue weighted by Crippen LogP contribution is -2.21. The van der Waals surface area contributed by atoms with Gasteiger partial charge in [-0.2, -0.15) is 0 Å². The molecule has 2 heterocycles. The second kappa shape index (κ2) is 2.94. The van der Waals surface area contributed by atoms with Crippen LogP contribution in [0.3, 0.4) is 0 Å². The summed E-state index contributed by atoms with van der Waals surface area (Å²) in [6, 6.07) is 0. The van der Waals surface area contributed by atoms with Crippen LogP contribution in [0.5, 0.6) is 0 Å². The highest BCUT2D eigenvalue weighted by atomic mass is 16.2. The molecule has 2 aromatic rings. The summed E-state index contributed by atoms with van der Waals surface area (Å²) in [5.41, 5.74) is 0.0268. The monoisotopic (exact) mass is 206 g/mol. The average Bonchev–Trinajstić information content (AvgIpc) is 2.47. The highest BCUT2D eigenvalue weighted by molar-refractivity contribution is 5.72. The molecule has 2 aromatic heterocycles. The maximum Gasteiger partial charge on any atom is 0.334 e. The minimum Gasteiger partial charge on any atom is -0.300 e. The van der Waals surface area contributed by atoms with Gasteiger partial charge in [0.1, 0.15) is 0 Å². The Kier molecular flexibility index (Phi) is 1.85. The van der Waals surface area contributed by atoms with Gasteiger partial charge in [-0.15, -0.1) is 0 Å². The normalized spacial score (nSPS) is 10.8.